The minimum absolute atomic E-state index is 0.163. The van der Waals surface area contributed by atoms with Crippen molar-refractivity contribution in [2.24, 2.45) is 5.92 Å². The van der Waals surface area contributed by atoms with Crippen LogP contribution in [0.3, 0.4) is 0 Å². The molecule has 2 saturated heterocycles. The lowest BCUT2D eigenvalue weighted by molar-refractivity contribution is -0.156. The zero-order valence-electron chi connectivity index (χ0n) is 15.0. The van der Waals surface area contributed by atoms with Crippen LogP contribution in [0.1, 0.15) is 25.7 Å². The third-order valence-electron chi connectivity index (χ3n) is 5.04. The standard InChI is InChI=1S/C18H23ClN2O5S/c19-15-3-5-16(6-4-15)27(24,25)21-11-7-14(8-12-21)18(23)26-13-17(22)20-9-1-2-10-20/h3-6,14H,1-2,7-13H2. The van der Waals surface area contributed by atoms with Crippen LogP contribution >= 0.6 is 11.6 Å². The fraction of sp³-hybridized carbons (Fsp3) is 0.556. The van der Waals surface area contributed by atoms with E-state index in [1.807, 2.05) is 0 Å². The summed E-state index contributed by atoms with van der Waals surface area (Å²) < 4.78 is 31.8. The van der Waals surface area contributed by atoms with Gasteiger partial charge in [0.1, 0.15) is 0 Å². The van der Waals surface area contributed by atoms with Crippen molar-refractivity contribution in [1.82, 2.24) is 9.21 Å². The molecule has 2 aliphatic heterocycles. The number of likely N-dealkylation sites (tertiary alicyclic amines) is 1. The second kappa shape index (κ2) is 8.58. The summed E-state index contributed by atoms with van der Waals surface area (Å²) in [4.78, 5) is 26.0. The zero-order chi connectivity index (χ0) is 19.4. The number of sulfonamides is 1. The molecule has 0 N–H and O–H groups in total. The van der Waals surface area contributed by atoms with E-state index in [1.54, 1.807) is 4.90 Å². The maximum Gasteiger partial charge on any atom is 0.309 e. The third-order valence-corrected chi connectivity index (χ3v) is 7.20. The zero-order valence-corrected chi connectivity index (χ0v) is 16.5. The number of hydrogen-bond acceptors (Lipinski definition) is 5. The van der Waals surface area contributed by atoms with Gasteiger partial charge in [0.2, 0.25) is 10.0 Å². The summed E-state index contributed by atoms with van der Waals surface area (Å²) in [6.07, 6.45) is 2.73. The number of carbonyl (C=O) groups is 2. The Hall–Kier alpha value is -1.64. The summed E-state index contributed by atoms with van der Waals surface area (Å²) in [5, 5.41) is 0.471. The van der Waals surface area contributed by atoms with Gasteiger partial charge in [0.05, 0.1) is 10.8 Å². The molecule has 7 nitrogen and oxygen atoms in total. The molecule has 1 aromatic carbocycles. The summed E-state index contributed by atoms with van der Waals surface area (Å²) >= 11 is 5.81. The van der Waals surface area contributed by atoms with Crippen LogP contribution in [-0.2, 0) is 24.3 Å². The van der Waals surface area contributed by atoms with E-state index < -0.39 is 16.0 Å². The minimum atomic E-state index is -3.60. The summed E-state index contributed by atoms with van der Waals surface area (Å²) in [5.74, 6) is -0.970. The number of halogens is 1. The van der Waals surface area contributed by atoms with Crippen molar-refractivity contribution in [2.75, 3.05) is 32.8 Å². The van der Waals surface area contributed by atoms with Gasteiger partial charge in [-0.3, -0.25) is 9.59 Å². The molecular weight excluding hydrogens is 392 g/mol. The predicted octanol–water partition coefficient (Wildman–Crippen LogP) is 1.91. The summed E-state index contributed by atoms with van der Waals surface area (Å²) in [6.45, 7) is 1.69. The molecule has 2 fully saturated rings. The van der Waals surface area contributed by atoms with Gasteiger partial charge < -0.3 is 9.64 Å². The number of ether oxygens (including phenoxy) is 1. The first-order valence-corrected chi connectivity index (χ1v) is 10.9. The largest absolute Gasteiger partial charge is 0.455 e. The molecule has 0 unspecified atom stereocenters. The second-order valence-electron chi connectivity index (χ2n) is 6.83. The van der Waals surface area contributed by atoms with Gasteiger partial charge >= 0.3 is 5.97 Å². The molecule has 0 aromatic heterocycles. The fourth-order valence-corrected chi connectivity index (χ4v) is 4.99. The lowest BCUT2D eigenvalue weighted by atomic mass is 9.98. The molecule has 0 bridgehead atoms. The van der Waals surface area contributed by atoms with E-state index in [-0.39, 0.29) is 36.4 Å². The van der Waals surface area contributed by atoms with E-state index in [2.05, 4.69) is 0 Å². The minimum Gasteiger partial charge on any atom is -0.455 e. The van der Waals surface area contributed by atoms with Crippen molar-refractivity contribution in [3.63, 3.8) is 0 Å². The van der Waals surface area contributed by atoms with E-state index in [9.17, 15) is 18.0 Å². The first kappa shape index (κ1) is 20.1. The quantitative estimate of drug-likeness (QED) is 0.687. The van der Waals surface area contributed by atoms with Crippen LogP contribution in [0.25, 0.3) is 0 Å². The van der Waals surface area contributed by atoms with E-state index in [1.165, 1.54) is 28.6 Å². The molecular formula is C18H23ClN2O5S. The van der Waals surface area contributed by atoms with Gasteiger partial charge in [-0.05, 0) is 49.9 Å². The average Bonchev–Trinajstić information content (AvgIpc) is 3.21. The molecule has 3 rings (SSSR count). The topological polar surface area (TPSA) is 84.0 Å². The Morgan fingerprint density at radius 1 is 1.04 bits per heavy atom. The maximum absolute atomic E-state index is 12.7. The van der Waals surface area contributed by atoms with Crippen LogP contribution in [0.5, 0.6) is 0 Å². The number of nitrogens with zero attached hydrogens (tertiary/aromatic N) is 2. The highest BCUT2D eigenvalue weighted by Gasteiger charge is 2.33. The van der Waals surface area contributed by atoms with Gasteiger partial charge in [-0.2, -0.15) is 4.31 Å². The highest BCUT2D eigenvalue weighted by Crippen LogP contribution is 2.25. The van der Waals surface area contributed by atoms with E-state index in [4.69, 9.17) is 16.3 Å². The Balaban J connectivity index is 1.49. The number of benzene rings is 1. The van der Waals surface area contributed by atoms with E-state index >= 15 is 0 Å². The molecule has 0 atom stereocenters. The molecule has 1 amide bonds. The first-order valence-electron chi connectivity index (χ1n) is 9.08. The molecule has 27 heavy (non-hydrogen) atoms. The molecule has 9 heteroatoms. The summed E-state index contributed by atoms with van der Waals surface area (Å²) in [5.41, 5.74) is 0. The number of rotatable bonds is 5. The monoisotopic (exact) mass is 414 g/mol. The van der Waals surface area contributed by atoms with Crippen molar-refractivity contribution >= 4 is 33.5 Å². The summed E-state index contributed by atoms with van der Waals surface area (Å²) in [7, 11) is -3.60. The predicted molar refractivity (Wildman–Crippen MR) is 99.7 cm³/mol. The van der Waals surface area contributed by atoms with Crippen LogP contribution in [0.15, 0.2) is 29.2 Å². The normalized spacial score (nSPS) is 19.2. The van der Waals surface area contributed by atoms with Gasteiger partial charge in [-0.1, -0.05) is 11.6 Å². The Morgan fingerprint density at radius 2 is 1.63 bits per heavy atom. The second-order valence-corrected chi connectivity index (χ2v) is 9.20. The summed E-state index contributed by atoms with van der Waals surface area (Å²) in [6, 6.07) is 6.02. The maximum atomic E-state index is 12.7. The van der Waals surface area contributed by atoms with E-state index in [0.29, 0.717) is 17.9 Å². The SMILES string of the molecule is O=C(OCC(=O)N1CCCC1)C1CCN(S(=O)(=O)c2ccc(Cl)cc2)CC1. The van der Waals surface area contributed by atoms with Gasteiger partial charge in [-0.25, -0.2) is 8.42 Å². The molecule has 0 aliphatic carbocycles. The van der Waals surface area contributed by atoms with Crippen LogP contribution in [0.4, 0.5) is 0 Å². The lowest BCUT2D eigenvalue weighted by Gasteiger charge is -2.30. The smallest absolute Gasteiger partial charge is 0.309 e. The van der Waals surface area contributed by atoms with Crippen LogP contribution in [0.2, 0.25) is 5.02 Å². The molecule has 0 radical (unpaired) electrons. The highest BCUT2D eigenvalue weighted by molar-refractivity contribution is 7.89. The number of hydrogen-bond donors (Lipinski definition) is 0. The number of carbonyl (C=O) groups excluding carboxylic acids is 2. The van der Waals surface area contributed by atoms with Crippen molar-refractivity contribution in [2.45, 2.75) is 30.6 Å². The molecule has 0 spiro atoms. The van der Waals surface area contributed by atoms with Crippen molar-refractivity contribution in [3.8, 4) is 0 Å². The Bertz CT molecular complexity index is 782. The number of piperidine rings is 1. The van der Waals surface area contributed by atoms with Crippen molar-refractivity contribution in [1.29, 1.82) is 0 Å². The molecule has 1 aromatic rings. The molecule has 0 saturated carbocycles. The highest BCUT2D eigenvalue weighted by atomic mass is 35.5. The average molecular weight is 415 g/mol. The molecule has 148 valence electrons. The van der Waals surface area contributed by atoms with E-state index in [0.717, 1.165) is 25.9 Å². The van der Waals surface area contributed by atoms with Crippen molar-refractivity contribution in [3.05, 3.63) is 29.3 Å². The third kappa shape index (κ3) is 4.80. The van der Waals surface area contributed by atoms with Gasteiger partial charge in [0, 0.05) is 31.2 Å². The van der Waals surface area contributed by atoms with Crippen molar-refractivity contribution < 1.29 is 22.7 Å². The van der Waals surface area contributed by atoms with Gasteiger partial charge in [0.25, 0.3) is 5.91 Å². The molecule has 2 heterocycles. The van der Waals surface area contributed by atoms with Crippen LogP contribution in [-0.4, -0.2) is 62.3 Å². The first-order chi connectivity index (χ1) is 12.9. The van der Waals surface area contributed by atoms with Gasteiger partial charge in [-0.15, -0.1) is 0 Å². The Morgan fingerprint density at radius 3 is 2.22 bits per heavy atom. The number of amides is 1. The van der Waals surface area contributed by atoms with Crippen LogP contribution < -0.4 is 0 Å². The number of esters is 1. The fourth-order valence-electron chi connectivity index (χ4n) is 3.40. The lowest BCUT2D eigenvalue weighted by Crippen LogP contribution is -2.41. The Labute approximate surface area is 164 Å². The van der Waals surface area contributed by atoms with Crippen LogP contribution in [0, 0.1) is 5.92 Å². The van der Waals surface area contributed by atoms with Gasteiger partial charge in [0.15, 0.2) is 6.61 Å². The Kier molecular flexibility index (Phi) is 6.39. The molecule has 2 aliphatic rings.